The average molecular weight is 430 g/mol. The molecule has 2 aromatic heterocycles. The Morgan fingerprint density at radius 3 is 2.53 bits per heavy atom. The number of methoxy groups -OCH3 is 2. The number of nitrogens with one attached hydrogen (secondary N) is 1. The summed E-state index contributed by atoms with van der Waals surface area (Å²) in [5.74, 6) is 0.0475. The Morgan fingerprint density at radius 2 is 1.93 bits per heavy atom. The molecule has 11 heteroatoms. The minimum absolute atomic E-state index is 0.110. The lowest BCUT2D eigenvalue weighted by Gasteiger charge is -2.11. The highest BCUT2D eigenvalue weighted by molar-refractivity contribution is 7.13. The molecule has 3 aromatic rings. The third kappa shape index (κ3) is 4.81. The Morgan fingerprint density at radius 1 is 1.17 bits per heavy atom. The molecular formula is C19H18N4O6S. The van der Waals surface area contributed by atoms with Crippen molar-refractivity contribution >= 4 is 22.9 Å². The van der Waals surface area contributed by atoms with Crippen LogP contribution in [0.3, 0.4) is 0 Å². The van der Waals surface area contributed by atoms with Crippen molar-refractivity contribution in [3.05, 3.63) is 57.5 Å². The highest BCUT2D eigenvalue weighted by Crippen LogP contribution is 2.34. The van der Waals surface area contributed by atoms with Crippen LogP contribution in [0.2, 0.25) is 0 Å². The van der Waals surface area contributed by atoms with E-state index in [0.717, 1.165) is 16.6 Å². The number of nitrogens with zero attached hydrogens (tertiary/aromatic N) is 3. The van der Waals surface area contributed by atoms with Crippen molar-refractivity contribution in [1.29, 1.82) is 0 Å². The van der Waals surface area contributed by atoms with E-state index in [0.29, 0.717) is 5.88 Å². The molecule has 2 heterocycles. The molecule has 0 unspecified atom stereocenters. The largest absolute Gasteiger partial charge is 0.493 e. The number of ether oxygens (including phenoxy) is 3. The molecular weight excluding hydrogens is 412 g/mol. The normalized spacial score (nSPS) is 10.3. The van der Waals surface area contributed by atoms with E-state index in [2.05, 4.69) is 15.5 Å². The molecule has 30 heavy (non-hydrogen) atoms. The van der Waals surface area contributed by atoms with Crippen molar-refractivity contribution in [2.75, 3.05) is 27.4 Å². The minimum atomic E-state index is -0.655. The number of hydrogen-bond acceptors (Lipinski definition) is 9. The number of hydrogen-bond donors (Lipinski definition) is 1. The monoisotopic (exact) mass is 430 g/mol. The number of rotatable bonds is 9. The zero-order valence-electron chi connectivity index (χ0n) is 16.2. The molecule has 1 N–H and O–H groups in total. The second-order valence-electron chi connectivity index (χ2n) is 5.82. The lowest BCUT2D eigenvalue weighted by atomic mass is 10.1. The molecule has 0 saturated heterocycles. The first kappa shape index (κ1) is 21.0. The summed E-state index contributed by atoms with van der Waals surface area (Å²) >= 11 is 1.56. The standard InChI is InChI=1S/C19H18N4O6S/c1-27-15-10-12(14(23(25)26)11-16(15)28-2)19(24)20-7-8-29-18-6-5-13(21-22-18)17-4-3-9-30-17/h3-6,9-11H,7-8H2,1-2H3,(H,20,24). The van der Waals surface area contributed by atoms with E-state index in [1.807, 2.05) is 17.5 Å². The molecule has 0 fully saturated rings. The van der Waals surface area contributed by atoms with Gasteiger partial charge in [-0.25, -0.2) is 0 Å². The Bertz CT molecular complexity index is 1020. The number of thiophene rings is 1. The fraction of sp³-hybridized carbons (Fsp3) is 0.211. The summed E-state index contributed by atoms with van der Waals surface area (Å²) in [7, 11) is 2.73. The second-order valence-corrected chi connectivity index (χ2v) is 6.77. The molecule has 0 aliphatic rings. The van der Waals surface area contributed by atoms with Crippen molar-refractivity contribution in [3.63, 3.8) is 0 Å². The lowest BCUT2D eigenvalue weighted by molar-refractivity contribution is -0.385. The van der Waals surface area contributed by atoms with Gasteiger partial charge in [0.15, 0.2) is 11.5 Å². The van der Waals surface area contributed by atoms with Crippen LogP contribution in [0.5, 0.6) is 17.4 Å². The molecule has 156 valence electrons. The van der Waals surface area contributed by atoms with Gasteiger partial charge in [0.1, 0.15) is 17.9 Å². The molecule has 0 aliphatic carbocycles. The summed E-state index contributed by atoms with van der Waals surface area (Å²) < 4.78 is 15.6. The predicted molar refractivity (Wildman–Crippen MR) is 109 cm³/mol. The third-order valence-corrected chi connectivity index (χ3v) is 4.89. The van der Waals surface area contributed by atoms with E-state index >= 15 is 0 Å². The molecule has 1 amide bonds. The average Bonchev–Trinajstić information content (AvgIpc) is 3.30. The van der Waals surface area contributed by atoms with E-state index < -0.39 is 10.8 Å². The molecule has 3 rings (SSSR count). The van der Waals surface area contributed by atoms with Crippen LogP contribution in [0.1, 0.15) is 10.4 Å². The maximum atomic E-state index is 12.4. The first-order chi connectivity index (χ1) is 14.5. The Hall–Kier alpha value is -3.73. The van der Waals surface area contributed by atoms with Crippen molar-refractivity contribution in [2.24, 2.45) is 0 Å². The number of nitro benzene ring substituents is 1. The Labute approximate surface area is 175 Å². The SMILES string of the molecule is COc1cc(C(=O)NCCOc2ccc(-c3cccs3)nn2)c([N+](=O)[O-])cc1OC. The molecule has 0 aliphatic heterocycles. The Balaban J connectivity index is 1.58. The fourth-order valence-electron chi connectivity index (χ4n) is 2.57. The van der Waals surface area contributed by atoms with Crippen LogP contribution in [0, 0.1) is 10.1 Å². The quantitative estimate of drug-likeness (QED) is 0.312. The zero-order valence-corrected chi connectivity index (χ0v) is 17.0. The summed E-state index contributed by atoms with van der Waals surface area (Å²) in [5, 5.41) is 23.9. The number of carbonyl (C=O) groups is 1. The summed E-state index contributed by atoms with van der Waals surface area (Å²) in [6, 6.07) is 9.76. The molecule has 10 nitrogen and oxygen atoms in total. The number of nitro groups is 1. The molecule has 0 radical (unpaired) electrons. The molecule has 1 aromatic carbocycles. The zero-order chi connectivity index (χ0) is 21.5. The first-order valence-electron chi connectivity index (χ1n) is 8.72. The summed E-state index contributed by atoms with van der Waals surface area (Å²) in [5.41, 5.74) is 0.213. The molecule has 0 saturated carbocycles. The van der Waals surface area contributed by atoms with Crippen LogP contribution in [0.15, 0.2) is 41.8 Å². The summed E-state index contributed by atoms with van der Waals surface area (Å²) in [6.07, 6.45) is 0. The van der Waals surface area contributed by atoms with Crippen LogP contribution in [0.25, 0.3) is 10.6 Å². The number of benzene rings is 1. The van der Waals surface area contributed by atoms with Gasteiger partial charge in [0.25, 0.3) is 11.6 Å². The van der Waals surface area contributed by atoms with E-state index in [1.54, 1.807) is 23.5 Å². The minimum Gasteiger partial charge on any atom is -0.493 e. The van der Waals surface area contributed by atoms with E-state index in [1.165, 1.54) is 20.3 Å². The van der Waals surface area contributed by atoms with Crippen molar-refractivity contribution in [3.8, 4) is 28.0 Å². The van der Waals surface area contributed by atoms with Crippen molar-refractivity contribution in [1.82, 2.24) is 15.5 Å². The highest BCUT2D eigenvalue weighted by atomic mass is 32.1. The molecule has 0 bridgehead atoms. The maximum absolute atomic E-state index is 12.4. The number of aromatic nitrogens is 2. The van der Waals surface area contributed by atoms with Gasteiger partial charge in [-0.1, -0.05) is 6.07 Å². The van der Waals surface area contributed by atoms with Gasteiger partial charge in [-0.05, 0) is 17.5 Å². The topological polar surface area (TPSA) is 126 Å². The van der Waals surface area contributed by atoms with Gasteiger partial charge in [0.05, 0.1) is 36.6 Å². The predicted octanol–water partition coefficient (Wildman–Crippen LogP) is 2.94. The molecule has 0 spiro atoms. The third-order valence-electron chi connectivity index (χ3n) is 3.99. The van der Waals surface area contributed by atoms with Crippen LogP contribution in [0.4, 0.5) is 5.69 Å². The second kappa shape index (κ2) is 9.65. The van der Waals surface area contributed by atoms with Gasteiger partial charge in [0, 0.05) is 12.1 Å². The van der Waals surface area contributed by atoms with Crippen LogP contribution < -0.4 is 19.5 Å². The van der Waals surface area contributed by atoms with Gasteiger partial charge in [0.2, 0.25) is 5.88 Å². The van der Waals surface area contributed by atoms with Crippen LogP contribution in [-0.4, -0.2) is 48.4 Å². The Kier molecular flexibility index (Phi) is 6.75. The smallest absolute Gasteiger partial charge is 0.286 e. The number of amides is 1. The number of carbonyl (C=O) groups excluding carboxylic acids is 1. The van der Waals surface area contributed by atoms with Gasteiger partial charge in [-0.3, -0.25) is 14.9 Å². The van der Waals surface area contributed by atoms with E-state index in [4.69, 9.17) is 14.2 Å². The fourth-order valence-corrected chi connectivity index (χ4v) is 3.26. The van der Waals surface area contributed by atoms with Crippen LogP contribution >= 0.6 is 11.3 Å². The van der Waals surface area contributed by atoms with Crippen molar-refractivity contribution in [2.45, 2.75) is 0 Å². The van der Waals surface area contributed by atoms with Gasteiger partial charge < -0.3 is 19.5 Å². The molecule has 0 atom stereocenters. The maximum Gasteiger partial charge on any atom is 0.286 e. The summed E-state index contributed by atoms with van der Waals surface area (Å²) in [6.45, 7) is 0.221. The van der Waals surface area contributed by atoms with Gasteiger partial charge in [-0.15, -0.1) is 21.5 Å². The summed E-state index contributed by atoms with van der Waals surface area (Å²) in [4.78, 5) is 24.1. The van der Waals surface area contributed by atoms with Crippen LogP contribution in [-0.2, 0) is 0 Å². The van der Waals surface area contributed by atoms with Gasteiger partial charge >= 0.3 is 0 Å². The van der Waals surface area contributed by atoms with E-state index in [-0.39, 0.29) is 35.9 Å². The lowest BCUT2D eigenvalue weighted by Crippen LogP contribution is -2.28. The van der Waals surface area contributed by atoms with E-state index in [9.17, 15) is 14.9 Å². The first-order valence-corrected chi connectivity index (χ1v) is 9.60. The van der Waals surface area contributed by atoms with Crippen molar-refractivity contribution < 1.29 is 23.9 Å². The van der Waals surface area contributed by atoms with Gasteiger partial charge in [-0.2, -0.15) is 0 Å². The highest BCUT2D eigenvalue weighted by Gasteiger charge is 2.24.